The molecule has 0 bridgehead atoms. The lowest BCUT2D eigenvalue weighted by Gasteiger charge is -2.10. The van der Waals surface area contributed by atoms with Crippen LogP contribution in [0.1, 0.15) is 17.3 Å². The average molecular weight is 239 g/mol. The molecule has 4 nitrogen and oxygen atoms in total. The molecule has 0 fully saturated rings. The number of carbonyl (C=O) groups is 1. The monoisotopic (exact) mass is 239 g/mol. The van der Waals surface area contributed by atoms with Crippen molar-refractivity contribution in [1.82, 2.24) is 10.3 Å². The van der Waals surface area contributed by atoms with Gasteiger partial charge in [-0.2, -0.15) is 11.8 Å². The van der Waals surface area contributed by atoms with Crippen LogP contribution in [-0.4, -0.2) is 29.4 Å². The topological polar surface area (TPSA) is 68.0 Å². The Balaban J connectivity index is 2.43. The third-order valence-corrected chi connectivity index (χ3v) is 3.01. The van der Waals surface area contributed by atoms with E-state index in [9.17, 15) is 4.79 Å². The number of hydrogen-bond donors (Lipinski definition) is 2. The molecule has 0 saturated carbocycles. The summed E-state index contributed by atoms with van der Waals surface area (Å²) < 4.78 is 0. The van der Waals surface area contributed by atoms with Crippen molar-refractivity contribution >= 4 is 23.5 Å². The standard InChI is InChI=1S/C11H17N3OS/c1-8(7-16-2)5-14-11(15)9-3-4-10(12)13-6-9/h3-4,6,8H,5,7H2,1-2H3,(H2,12,13)(H,14,15). The molecule has 1 rings (SSSR count). The molecule has 0 saturated heterocycles. The van der Waals surface area contributed by atoms with E-state index in [-0.39, 0.29) is 5.91 Å². The molecule has 0 aliphatic carbocycles. The zero-order valence-corrected chi connectivity index (χ0v) is 10.4. The van der Waals surface area contributed by atoms with E-state index >= 15 is 0 Å². The van der Waals surface area contributed by atoms with E-state index in [1.54, 1.807) is 23.9 Å². The Morgan fingerprint density at radius 2 is 2.38 bits per heavy atom. The Bertz CT molecular complexity index is 340. The Kier molecular flexibility index (Phi) is 5.11. The molecule has 3 N–H and O–H groups in total. The fourth-order valence-corrected chi connectivity index (χ4v) is 1.94. The maximum Gasteiger partial charge on any atom is 0.252 e. The van der Waals surface area contributed by atoms with E-state index in [0.717, 1.165) is 5.75 Å². The first kappa shape index (κ1) is 12.8. The Morgan fingerprint density at radius 1 is 1.62 bits per heavy atom. The summed E-state index contributed by atoms with van der Waals surface area (Å²) in [5, 5.41) is 2.87. The highest BCUT2D eigenvalue weighted by Crippen LogP contribution is 2.04. The number of aromatic nitrogens is 1. The predicted octanol–water partition coefficient (Wildman–Crippen LogP) is 1.39. The van der Waals surface area contributed by atoms with Gasteiger partial charge >= 0.3 is 0 Å². The highest BCUT2D eigenvalue weighted by Gasteiger charge is 2.07. The normalized spacial score (nSPS) is 12.1. The fraction of sp³-hybridized carbons (Fsp3) is 0.455. The van der Waals surface area contributed by atoms with Gasteiger partial charge in [-0.25, -0.2) is 4.98 Å². The minimum Gasteiger partial charge on any atom is -0.384 e. The van der Waals surface area contributed by atoms with Gasteiger partial charge in [-0.05, 0) is 30.1 Å². The smallest absolute Gasteiger partial charge is 0.252 e. The maximum absolute atomic E-state index is 11.7. The molecule has 88 valence electrons. The molecule has 1 amide bonds. The van der Waals surface area contributed by atoms with Crippen molar-refractivity contribution in [3.05, 3.63) is 23.9 Å². The summed E-state index contributed by atoms with van der Waals surface area (Å²) in [5.41, 5.74) is 5.99. The average Bonchev–Trinajstić information content (AvgIpc) is 2.27. The highest BCUT2D eigenvalue weighted by atomic mass is 32.2. The van der Waals surface area contributed by atoms with Crippen LogP contribution in [0.25, 0.3) is 0 Å². The van der Waals surface area contributed by atoms with Crippen LogP contribution in [0.2, 0.25) is 0 Å². The van der Waals surface area contributed by atoms with E-state index in [1.807, 2.05) is 0 Å². The van der Waals surface area contributed by atoms with Gasteiger partial charge in [0.1, 0.15) is 5.82 Å². The van der Waals surface area contributed by atoms with E-state index in [4.69, 9.17) is 5.73 Å². The van der Waals surface area contributed by atoms with Crippen molar-refractivity contribution in [2.24, 2.45) is 5.92 Å². The van der Waals surface area contributed by atoms with Crippen molar-refractivity contribution in [3.63, 3.8) is 0 Å². The number of amides is 1. The maximum atomic E-state index is 11.7. The van der Waals surface area contributed by atoms with E-state index in [1.165, 1.54) is 6.20 Å². The molecule has 0 aromatic carbocycles. The molecule has 0 spiro atoms. The van der Waals surface area contributed by atoms with E-state index in [0.29, 0.717) is 23.8 Å². The van der Waals surface area contributed by atoms with Gasteiger partial charge in [0.15, 0.2) is 0 Å². The summed E-state index contributed by atoms with van der Waals surface area (Å²) in [6, 6.07) is 3.30. The largest absolute Gasteiger partial charge is 0.384 e. The first-order valence-electron chi connectivity index (χ1n) is 5.12. The van der Waals surface area contributed by atoms with Crippen LogP contribution < -0.4 is 11.1 Å². The number of rotatable bonds is 5. The number of nitrogen functional groups attached to an aromatic ring is 1. The third kappa shape index (κ3) is 4.10. The highest BCUT2D eigenvalue weighted by molar-refractivity contribution is 7.98. The van der Waals surface area contributed by atoms with Gasteiger partial charge in [0.05, 0.1) is 5.56 Å². The zero-order valence-electron chi connectivity index (χ0n) is 9.56. The third-order valence-electron chi connectivity index (χ3n) is 2.11. The van der Waals surface area contributed by atoms with E-state index < -0.39 is 0 Å². The second-order valence-electron chi connectivity index (χ2n) is 3.74. The van der Waals surface area contributed by atoms with Gasteiger partial charge in [-0.15, -0.1) is 0 Å². The number of nitrogens with two attached hydrogens (primary N) is 1. The van der Waals surface area contributed by atoms with Crippen molar-refractivity contribution in [3.8, 4) is 0 Å². The van der Waals surface area contributed by atoms with Gasteiger partial charge in [0.25, 0.3) is 5.91 Å². The van der Waals surface area contributed by atoms with Crippen molar-refractivity contribution < 1.29 is 4.79 Å². The minimum absolute atomic E-state index is 0.0968. The van der Waals surface area contributed by atoms with Crippen LogP contribution in [0.5, 0.6) is 0 Å². The van der Waals surface area contributed by atoms with Gasteiger partial charge < -0.3 is 11.1 Å². The van der Waals surface area contributed by atoms with Crippen molar-refractivity contribution in [1.29, 1.82) is 0 Å². The molecule has 0 aliphatic rings. The van der Waals surface area contributed by atoms with Crippen LogP contribution in [0.3, 0.4) is 0 Å². The molecule has 5 heteroatoms. The molecule has 16 heavy (non-hydrogen) atoms. The van der Waals surface area contributed by atoms with Crippen LogP contribution >= 0.6 is 11.8 Å². The SMILES string of the molecule is CSCC(C)CNC(=O)c1ccc(N)nc1. The second kappa shape index (κ2) is 6.37. The van der Waals surface area contributed by atoms with Gasteiger partial charge in [-0.1, -0.05) is 6.92 Å². The number of carbonyl (C=O) groups excluding carboxylic acids is 1. The van der Waals surface area contributed by atoms with E-state index in [2.05, 4.69) is 23.5 Å². The second-order valence-corrected chi connectivity index (χ2v) is 4.65. The minimum atomic E-state index is -0.0968. The molecule has 1 aromatic heterocycles. The molecular formula is C11H17N3OS. The number of nitrogens with one attached hydrogen (secondary N) is 1. The number of nitrogens with zero attached hydrogens (tertiary/aromatic N) is 1. The first-order valence-corrected chi connectivity index (χ1v) is 6.51. The number of hydrogen-bond acceptors (Lipinski definition) is 4. The van der Waals surface area contributed by atoms with Gasteiger partial charge in [-0.3, -0.25) is 4.79 Å². The van der Waals surface area contributed by atoms with Crippen molar-refractivity contribution in [2.75, 3.05) is 24.3 Å². The van der Waals surface area contributed by atoms with Gasteiger partial charge in [0.2, 0.25) is 0 Å². The Labute approximate surface area is 100 Å². The summed E-state index contributed by atoms with van der Waals surface area (Å²) in [6.45, 7) is 2.79. The molecule has 1 unspecified atom stereocenters. The molecule has 1 heterocycles. The Morgan fingerprint density at radius 3 is 2.94 bits per heavy atom. The van der Waals surface area contributed by atoms with Gasteiger partial charge in [0, 0.05) is 12.7 Å². The summed E-state index contributed by atoms with van der Waals surface area (Å²) in [6.07, 6.45) is 3.55. The van der Waals surface area contributed by atoms with Crippen LogP contribution in [0, 0.1) is 5.92 Å². The lowest BCUT2D eigenvalue weighted by atomic mass is 10.2. The quantitative estimate of drug-likeness (QED) is 0.815. The summed E-state index contributed by atoms with van der Waals surface area (Å²) in [7, 11) is 0. The number of anilines is 1. The fourth-order valence-electron chi connectivity index (χ4n) is 1.25. The number of thioether (sulfide) groups is 1. The molecular weight excluding hydrogens is 222 g/mol. The number of pyridine rings is 1. The summed E-state index contributed by atoms with van der Waals surface area (Å²) >= 11 is 1.78. The lowest BCUT2D eigenvalue weighted by Crippen LogP contribution is -2.29. The molecule has 0 aliphatic heterocycles. The summed E-state index contributed by atoms with van der Waals surface area (Å²) in [4.78, 5) is 15.5. The van der Waals surface area contributed by atoms with Crippen LogP contribution in [0.15, 0.2) is 18.3 Å². The predicted molar refractivity (Wildman–Crippen MR) is 68.5 cm³/mol. The van der Waals surface area contributed by atoms with Crippen LogP contribution in [0.4, 0.5) is 5.82 Å². The van der Waals surface area contributed by atoms with Crippen LogP contribution in [-0.2, 0) is 0 Å². The molecule has 1 aromatic rings. The van der Waals surface area contributed by atoms with Crippen molar-refractivity contribution in [2.45, 2.75) is 6.92 Å². The Hall–Kier alpha value is -1.23. The summed E-state index contributed by atoms with van der Waals surface area (Å²) in [5.74, 6) is 1.84. The molecule has 0 radical (unpaired) electrons. The first-order chi connectivity index (χ1) is 7.63. The lowest BCUT2D eigenvalue weighted by molar-refractivity contribution is 0.0949. The zero-order chi connectivity index (χ0) is 12.0. The molecule has 1 atom stereocenters.